The first kappa shape index (κ1) is 22.2. The summed E-state index contributed by atoms with van der Waals surface area (Å²) < 4.78 is 8.29. The summed E-state index contributed by atoms with van der Waals surface area (Å²) >= 11 is 0. The Balaban J connectivity index is 1.58. The number of allylic oxidation sites excluding steroid dienone is 3. The van der Waals surface area contributed by atoms with Crippen molar-refractivity contribution in [2.45, 2.75) is 30.3 Å². The summed E-state index contributed by atoms with van der Waals surface area (Å²) in [5.41, 5.74) is 1.13. The third kappa shape index (κ3) is 3.59. The van der Waals surface area contributed by atoms with E-state index in [1.165, 1.54) is 0 Å². The zero-order valence-corrected chi connectivity index (χ0v) is 19.7. The van der Waals surface area contributed by atoms with Crippen LogP contribution in [0.4, 0.5) is 0 Å². The third-order valence-electron chi connectivity index (χ3n) is 6.90. The van der Waals surface area contributed by atoms with Gasteiger partial charge < -0.3 is 10.00 Å². The molecule has 1 heterocycles. The average molecular weight is 458 g/mol. The summed E-state index contributed by atoms with van der Waals surface area (Å²) in [6, 6.07) is 29.0. The van der Waals surface area contributed by atoms with E-state index in [9.17, 15) is 10.00 Å². The molecule has 0 saturated carbocycles. The van der Waals surface area contributed by atoms with Crippen molar-refractivity contribution in [3.05, 3.63) is 131 Å². The van der Waals surface area contributed by atoms with Crippen molar-refractivity contribution in [2.75, 3.05) is 7.05 Å². The maximum Gasteiger partial charge on any atom is 0.186 e. The van der Waals surface area contributed by atoms with E-state index >= 15 is 0 Å². The van der Waals surface area contributed by atoms with Gasteiger partial charge in [-0.3, -0.25) is 0 Å². The fourth-order valence-corrected chi connectivity index (χ4v) is 7.83. The number of nitrogens with zero attached hydrogens (tertiary/aromatic N) is 1. The maximum absolute atomic E-state index is 14.6. The predicted octanol–water partition coefficient (Wildman–Crippen LogP) is 5.00. The first-order valence-electron chi connectivity index (χ1n) is 11.2. The SMILES string of the molecule is C[C@H]1[C@@H](c2ccccc2)O[P+]([O-])(C2C=CC=C2C(O)(c2ccccc2)c2ccccc2)N1C. The van der Waals surface area contributed by atoms with Gasteiger partial charge in [-0.25, -0.2) is 4.52 Å². The highest BCUT2D eigenvalue weighted by molar-refractivity contribution is 7.63. The second kappa shape index (κ2) is 8.64. The van der Waals surface area contributed by atoms with E-state index in [1.807, 2.05) is 128 Å². The van der Waals surface area contributed by atoms with E-state index in [2.05, 4.69) is 0 Å². The predicted molar refractivity (Wildman–Crippen MR) is 131 cm³/mol. The van der Waals surface area contributed by atoms with Crippen LogP contribution in [-0.4, -0.2) is 28.5 Å². The normalized spacial score (nSPS) is 27.6. The standard InChI is InChI=1S/C28H28NO3P/c1-21-27(22-13-6-3-7-14-22)32-33(31,29(21)2)26-20-12-19-25(26)28(30,23-15-8-4-9-16-23)24-17-10-5-11-18-24/h3-21,26-27,30H,1-2H3/t21-,26?,27-,33?/m0/s1. The minimum absolute atomic E-state index is 0.0740. The first-order chi connectivity index (χ1) is 16.0. The summed E-state index contributed by atoms with van der Waals surface area (Å²) in [6.45, 7) is 2.04. The quantitative estimate of drug-likeness (QED) is 0.548. The summed E-state index contributed by atoms with van der Waals surface area (Å²) in [4.78, 5) is 14.6. The van der Waals surface area contributed by atoms with Crippen molar-refractivity contribution in [3.63, 3.8) is 0 Å². The molecule has 5 heteroatoms. The molecule has 1 aliphatic carbocycles. The summed E-state index contributed by atoms with van der Waals surface area (Å²) in [5, 5.41) is 12.3. The first-order valence-corrected chi connectivity index (χ1v) is 12.9. The average Bonchev–Trinajstić information content (AvgIpc) is 3.46. The number of rotatable bonds is 5. The molecule has 0 bridgehead atoms. The van der Waals surface area contributed by atoms with Crippen LogP contribution in [0.1, 0.15) is 29.7 Å². The van der Waals surface area contributed by atoms with Gasteiger partial charge in [0.25, 0.3) is 0 Å². The smallest absolute Gasteiger partial charge is 0.186 e. The van der Waals surface area contributed by atoms with Crippen LogP contribution in [0.15, 0.2) is 115 Å². The molecule has 4 atom stereocenters. The van der Waals surface area contributed by atoms with Gasteiger partial charge in [0.15, 0.2) is 13.5 Å². The molecule has 4 nitrogen and oxygen atoms in total. The number of aliphatic hydroxyl groups is 1. The molecule has 1 saturated heterocycles. The zero-order chi connectivity index (χ0) is 23.1. The minimum atomic E-state index is -3.36. The molecule has 3 aromatic carbocycles. The van der Waals surface area contributed by atoms with Crippen molar-refractivity contribution in [1.82, 2.24) is 4.67 Å². The van der Waals surface area contributed by atoms with Gasteiger partial charge in [0, 0.05) is 12.6 Å². The van der Waals surface area contributed by atoms with Crippen molar-refractivity contribution in [2.24, 2.45) is 0 Å². The number of hydrogen-bond donors (Lipinski definition) is 1. The molecule has 5 rings (SSSR count). The molecule has 0 aromatic heterocycles. The molecule has 1 fully saturated rings. The molecule has 1 aliphatic heterocycles. The fourth-order valence-electron chi connectivity index (χ4n) is 4.96. The minimum Gasteiger partial charge on any atom is -0.640 e. The Bertz CT molecular complexity index is 1130. The highest BCUT2D eigenvalue weighted by Gasteiger charge is 2.59. The Labute approximate surface area is 196 Å². The number of likely N-dealkylation sites (N-methyl/N-ethyl adjacent to an activating group) is 1. The van der Waals surface area contributed by atoms with Crippen LogP contribution in [-0.2, 0) is 10.1 Å². The van der Waals surface area contributed by atoms with E-state index < -0.39 is 19.1 Å². The van der Waals surface area contributed by atoms with E-state index in [0.29, 0.717) is 5.57 Å². The molecule has 3 aromatic rings. The lowest BCUT2D eigenvalue weighted by Crippen LogP contribution is -2.40. The molecule has 0 spiro atoms. The Morgan fingerprint density at radius 3 is 1.94 bits per heavy atom. The van der Waals surface area contributed by atoms with Gasteiger partial charge in [-0.1, -0.05) is 103 Å². The molecule has 2 aliphatic rings. The van der Waals surface area contributed by atoms with Gasteiger partial charge in [-0.2, -0.15) is 4.67 Å². The lowest BCUT2D eigenvalue weighted by molar-refractivity contribution is -0.201. The zero-order valence-electron chi connectivity index (χ0n) is 18.8. The van der Waals surface area contributed by atoms with Crippen molar-refractivity contribution >= 4 is 7.87 Å². The van der Waals surface area contributed by atoms with E-state index in [-0.39, 0.29) is 12.1 Å². The topological polar surface area (TPSA) is 55.8 Å². The molecule has 2 unspecified atom stereocenters. The summed E-state index contributed by atoms with van der Waals surface area (Å²) in [5.74, 6) is 0. The van der Waals surface area contributed by atoms with Gasteiger partial charge in [0.1, 0.15) is 11.7 Å². The molecular weight excluding hydrogens is 429 g/mol. The van der Waals surface area contributed by atoms with Crippen molar-refractivity contribution in [1.29, 1.82) is 0 Å². The second-order valence-electron chi connectivity index (χ2n) is 8.71. The molecular formula is C28H28NO3P. The summed E-state index contributed by atoms with van der Waals surface area (Å²) in [7, 11) is -1.50. The van der Waals surface area contributed by atoms with Gasteiger partial charge in [-0.05, 0) is 29.7 Å². The Morgan fingerprint density at radius 1 is 0.879 bits per heavy atom. The highest BCUT2D eigenvalue weighted by atomic mass is 31.2. The van der Waals surface area contributed by atoms with Gasteiger partial charge in [-0.15, -0.1) is 0 Å². The van der Waals surface area contributed by atoms with Crippen LogP contribution in [0, 0.1) is 0 Å². The van der Waals surface area contributed by atoms with Crippen LogP contribution in [0.2, 0.25) is 0 Å². The Hall–Kier alpha value is -2.59. The van der Waals surface area contributed by atoms with E-state index in [1.54, 1.807) is 0 Å². The monoisotopic (exact) mass is 457 g/mol. The van der Waals surface area contributed by atoms with Crippen LogP contribution in [0.3, 0.4) is 0 Å². The van der Waals surface area contributed by atoms with Crippen molar-refractivity contribution < 1.29 is 14.5 Å². The lowest BCUT2D eigenvalue weighted by Gasteiger charge is -2.40. The fraction of sp³-hybridized carbons (Fsp3) is 0.214. The van der Waals surface area contributed by atoms with Gasteiger partial charge in [0.05, 0.1) is 6.04 Å². The summed E-state index contributed by atoms with van der Waals surface area (Å²) in [6.07, 6.45) is 5.37. The van der Waals surface area contributed by atoms with Crippen LogP contribution in [0.5, 0.6) is 0 Å². The maximum atomic E-state index is 14.6. The number of hydrogen-bond acceptors (Lipinski definition) is 4. The molecule has 33 heavy (non-hydrogen) atoms. The molecule has 1 N–H and O–H groups in total. The molecule has 0 amide bonds. The Kier molecular flexibility index (Phi) is 5.82. The lowest BCUT2D eigenvalue weighted by atomic mass is 9.79. The largest absolute Gasteiger partial charge is 0.640 e. The van der Waals surface area contributed by atoms with Crippen molar-refractivity contribution in [3.8, 4) is 0 Å². The van der Waals surface area contributed by atoms with Gasteiger partial charge >= 0.3 is 0 Å². The Morgan fingerprint density at radius 2 is 1.39 bits per heavy atom. The third-order valence-corrected chi connectivity index (χ3v) is 9.83. The number of benzene rings is 3. The van der Waals surface area contributed by atoms with Crippen LogP contribution >= 0.6 is 7.87 Å². The van der Waals surface area contributed by atoms with Gasteiger partial charge in [0.2, 0.25) is 0 Å². The highest BCUT2D eigenvalue weighted by Crippen LogP contribution is 2.71. The molecule has 168 valence electrons. The second-order valence-corrected chi connectivity index (χ2v) is 11.2. The van der Waals surface area contributed by atoms with Crippen LogP contribution < -0.4 is 4.89 Å². The van der Waals surface area contributed by atoms with Crippen LogP contribution in [0.25, 0.3) is 0 Å². The van der Waals surface area contributed by atoms with E-state index in [4.69, 9.17) is 4.52 Å². The molecule has 0 radical (unpaired) electrons. The van der Waals surface area contributed by atoms with E-state index in [0.717, 1.165) is 16.7 Å².